The molecule has 0 saturated heterocycles. The van der Waals surface area contributed by atoms with Gasteiger partial charge < -0.3 is 5.11 Å². The number of hydrogen-bond acceptors (Lipinski definition) is 2. The molecule has 0 amide bonds. The second-order valence-electron chi connectivity index (χ2n) is 5.24. The quantitative estimate of drug-likeness (QED) is 0.785. The van der Waals surface area contributed by atoms with E-state index < -0.39 is 0 Å². The molecule has 1 aromatic heterocycles. The van der Waals surface area contributed by atoms with Crippen molar-refractivity contribution in [1.82, 2.24) is 4.98 Å². The lowest BCUT2D eigenvalue weighted by atomic mass is 9.89. The third-order valence-electron chi connectivity index (χ3n) is 3.76. The lowest BCUT2D eigenvalue weighted by Crippen LogP contribution is -2.01. The molecule has 0 unspecified atom stereocenters. The van der Waals surface area contributed by atoms with Crippen molar-refractivity contribution in [3.8, 4) is 22.3 Å². The van der Waals surface area contributed by atoms with Crippen LogP contribution in [0.15, 0.2) is 60.7 Å². The van der Waals surface area contributed by atoms with Crippen molar-refractivity contribution in [3.63, 3.8) is 0 Å². The number of rotatable bonds is 4. The topological polar surface area (TPSA) is 33.1 Å². The van der Waals surface area contributed by atoms with Gasteiger partial charge in [0.2, 0.25) is 0 Å². The van der Waals surface area contributed by atoms with Gasteiger partial charge in [0.05, 0.1) is 6.20 Å². The second kappa shape index (κ2) is 6.54. The van der Waals surface area contributed by atoms with Gasteiger partial charge in [-0.25, -0.2) is 0 Å². The molecule has 0 aliphatic heterocycles. The molecule has 2 aromatic carbocycles. The molecule has 1 radical (unpaired) electrons. The van der Waals surface area contributed by atoms with E-state index in [2.05, 4.69) is 35.4 Å². The fraction of sp³-hybridized carbons (Fsp3) is 0.150. The van der Waals surface area contributed by atoms with Crippen LogP contribution in [-0.4, -0.2) is 16.7 Å². The summed E-state index contributed by atoms with van der Waals surface area (Å²) < 4.78 is 0. The minimum atomic E-state index is 0.0926. The maximum Gasteiger partial charge on any atom is 0.0932 e. The predicted molar refractivity (Wildman–Crippen MR) is 89.5 cm³/mol. The Morgan fingerprint density at radius 2 is 1.41 bits per heavy atom. The molecule has 3 aromatic rings. The first-order valence-corrected chi connectivity index (χ1v) is 7.44. The molecular weight excluding hydrogens is 270 g/mol. The highest BCUT2D eigenvalue weighted by atomic mass is 16.2. The van der Waals surface area contributed by atoms with Crippen LogP contribution in [0, 0.1) is 13.1 Å². The van der Waals surface area contributed by atoms with Crippen molar-refractivity contribution >= 4 is 0 Å². The van der Waals surface area contributed by atoms with E-state index in [0.717, 1.165) is 33.5 Å². The van der Waals surface area contributed by atoms with Gasteiger partial charge in [-0.2, -0.15) is 0 Å². The van der Waals surface area contributed by atoms with Crippen molar-refractivity contribution in [2.24, 2.45) is 0 Å². The first-order chi connectivity index (χ1) is 10.8. The number of aliphatic hydroxyl groups excluding tert-OH is 1. The van der Waals surface area contributed by atoms with Crippen molar-refractivity contribution in [2.45, 2.75) is 13.3 Å². The molecule has 0 saturated carbocycles. The Morgan fingerprint density at radius 1 is 0.864 bits per heavy atom. The molecule has 0 aliphatic carbocycles. The van der Waals surface area contributed by atoms with E-state index in [1.165, 1.54) is 0 Å². The third-order valence-corrected chi connectivity index (χ3v) is 3.76. The van der Waals surface area contributed by atoms with E-state index in [1.54, 1.807) is 0 Å². The molecule has 2 heteroatoms. The van der Waals surface area contributed by atoms with Crippen LogP contribution in [0.3, 0.4) is 0 Å². The van der Waals surface area contributed by atoms with E-state index in [4.69, 9.17) is 0 Å². The van der Waals surface area contributed by atoms with Gasteiger partial charge in [-0.3, -0.25) is 4.98 Å². The van der Waals surface area contributed by atoms with Crippen molar-refractivity contribution in [3.05, 3.63) is 78.1 Å². The number of nitrogens with zero attached hydrogens (tertiary/aromatic N) is 1. The first-order valence-electron chi connectivity index (χ1n) is 7.44. The van der Waals surface area contributed by atoms with Crippen molar-refractivity contribution in [2.75, 3.05) is 6.61 Å². The Morgan fingerprint density at radius 3 is 1.95 bits per heavy atom. The van der Waals surface area contributed by atoms with E-state index in [-0.39, 0.29) is 6.61 Å². The predicted octanol–water partition coefficient (Wildman–Crippen LogP) is 4.06. The number of aryl methyl sites for hydroxylation is 1. The highest BCUT2D eigenvalue weighted by Gasteiger charge is 2.15. The minimum Gasteiger partial charge on any atom is -0.396 e. The smallest absolute Gasteiger partial charge is 0.0932 e. The summed E-state index contributed by atoms with van der Waals surface area (Å²) in [5, 5.41) is 9.37. The van der Waals surface area contributed by atoms with Gasteiger partial charge in [0.1, 0.15) is 0 Å². The van der Waals surface area contributed by atoms with Crippen LogP contribution in [0.5, 0.6) is 0 Å². The van der Waals surface area contributed by atoms with Gasteiger partial charge in [0.15, 0.2) is 0 Å². The molecule has 0 fully saturated rings. The Kier molecular flexibility index (Phi) is 4.31. The van der Waals surface area contributed by atoms with Gasteiger partial charge in [-0.1, -0.05) is 60.7 Å². The van der Waals surface area contributed by atoms with Gasteiger partial charge in [0.25, 0.3) is 0 Å². The average Bonchev–Trinajstić information content (AvgIpc) is 2.58. The second-order valence-corrected chi connectivity index (χ2v) is 5.24. The maximum atomic E-state index is 9.37. The minimum absolute atomic E-state index is 0.0926. The summed E-state index contributed by atoms with van der Waals surface area (Å²) in [6.07, 6.45) is 3.66. The molecule has 0 bridgehead atoms. The summed E-state index contributed by atoms with van der Waals surface area (Å²) in [4.78, 5) is 4.42. The molecular formula is C20H18NO. The number of hydrogen-bond donors (Lipinski definition) is 1. The molecule has 0 aliphatic rings. The summed E-state index contributed by atoms with van der Waals surface area (Å²) in [5.74, 6) is 0. The Balaban J connectivity index is 2.30. The molecule has 2 nitrogen and oxygen atoms in total. The van der Waals surface area contributed by atoms with Gasteiger partial charge in [-0.15, -0.1) is 0 Å². The molecule has 1 heterocycles. The zero-order chi connectivity index (χ0) is 15.4. The average molecular weight is 288 g/mol. The number of aliphatic hydroxyl groups is 1. The van der Waals surface area contributed by atoms with Crippen molar-refractivity contribution in [1.29, 1.82) is 0 Å². The van der Waals surface area contributed by atoms with Crippen LogP contribution in [0.2, 0.25) is 0 Å². The summed E-state index contributed by atoms with van der Waals surface area (Å²) in [6, 6.07) is 20.5. The molecule has 3 rings (SSSR count). The SMILES string of the molecule is Cc1n[c]c(CCO)c(-c2ccccc2)c1-c1ccccc1. The summed E-state index contributed by atoms with van der Waals surface area (Å²) in [6.45, 7) is 2.10. The van der Waals surface area contributed by atoms with Crippen LogP contribution in [0.4, 0.5) is 0 Å². The van der Waals surface area contributed by atoms with Crippen LogP contribution >= 0.6 is 0 Å². The molecule has 22 heavy (non-hydrogen) atoms. The van der Waals surface area contributed by atoms with E-state index in [0.29, 0.717) is 6.42 Å². The van der Waals surface area contributed by atoms with E-state index in [1.807, 2.05) is 43.3 Å². The Bertz CT molecular complexity index is 751. The zero-order valence-electron chi connectivity index (χ0n) is 12.6. The monoisotopic (exact) mass is 288 g/mol. The lowest BCUT2D eigenvalue weighted by molar-refractivity contribution is 0.299. The van der Waals surface area contributed by atoms with Gasteiger partial charge in [-0.05, 0) is 35.6 Å². The molecule has 0 atom stereocenters. The summed E-state index contributed by atoms with van der Waals surface area (Å²) in [5.41, 5.74) is 6.42. The lowest BCUT2D eigenvalue weighted by Gasteiger charge is -2.16. The van der Waals surface area contributed by atoms with Crippen LogP contribution < -0.4 is 0 Å². The normalized spacial score (nSPS) is 10.6. The number of aromatic nitrogens is 1. The fourth-order valence-electron chi connectivity index (χ4n) is 2.77. The largest absolute Gasteiger partial charge is 0.396 e. The van der Waals surface area contributed by atoms with Crippen LogP contribution in [0.1, 0.15) is 11.3 Å². The van der Waals surface area contributed by atoms with Crippen LogP contribution in [-0.2, 0) is 6.42 Å². The summed E-state index contributed by atoms with van der Waals surface area (Å²) >= 11 is 0. The summed E-state index contributed by atoms with van der Waals surface area (Å²) in [7, 11) is 0. The molecule has 0 spiro atoms. The van der Waals surface area contributed by atoms with Gasteiger partial charge in [0, 0.05) is 17.9 Å². The molecule has 109 valence electrons. The van der Waals surface area contributed by atoms with E-state index in [9.17, 15) is 5.11 Å². The highest BCUT2D eigenvalue weighted by Crippen LogP contribution is 2.36. The zero-order valence-corrected chi connectivity index (χ0v) is 12.6. The van der Waals surface area contributed by atoms with Crippen LogP contribution in [0.25, 0.3) is 22.3 Å². The maximum absolute atomic E-state index is 9.37. The third kappa shape index (κ3) is 2.78. The van der Waals surface area contributed by atoms with Gasteiger partial charge >= 0.3 is 0 Å². The number of benzene rings is 2. The fourth-order valence-corrected chi connectivity index (χ4v) is 2.77. The van der Waals surface area contributed by atoms with E-state index >= 15 is 0 Å². The number of pyridine rings is 1. The highest BCUT2D eigenvalue weighted by molar-refractivity contribution is 5.86. The Hall–Kier alpha value is -2.45. The first kappa shape index (κ1) is 14.5. The molecule has 1 N–H and O–H groups in total. The Labute approximate surface area is 131 Å². The standard InChI is InChI=1S/C20H18NO/c1-15-19(16-8-4-2-5-9-16)20(17-10-6-3-7-11-17)18(12-13-22)14-21-15/h2-11,22H,12-13H2,1H3. The van der Waals surface area contributed by atoms with Crippen molar-refractivity contribution < 1.29 is 5.11 Å².